The molecule has 0 aliphatic carbocycles. The number of nitrogens with one attached hydrogen (secondary N) is 1. The van der Waals surface area contributed by atoms with Crippen molar-refractivity contribution in [3.8, 4) is 0 Å². The highest BCUT2D eigenvalue weighted by Gasteiger charge is 2.25. The Balaban J connectivity index is 3.03. The fourth-order valence-corrected chi connectivity index (χ4v) is 2.61. The number of halogens is 3. The summed E-state index contributed by atoms with van der Waals surface area (Å²) in [5.74, 6) is -0.962. The monoisotopic (exact) mass is 349 g/mol. The average Bonchev–Trinajstić information content (AvgIpc) is 2.38. The number of ether oxygens (including phenoxy) is 1. The van der Waals surface area contributed by atoms with Gasteiger partial charge in [0.15, 0.2) is 0 Å². The maximum atomic E-state index is 14.1. The van der Waals surface area contributed by atoms with Crippen LogP contribution in [0.5, 0.6) is 0 Å². The molecule has 0 saturated heterocycles. The third-order valence-corrected chi connectivity index (χ3v) is 3.77. The van der Waals surface area contributed by atoms with E-state index >= 15 is 0 Å². The summed E-state index contributed by atoms with van der Waals surface area (Å²) in [6, 6.07) is 2.27. The molecule has 0 fully saturated rings. The third-order valence-electron chi connectivity index (χ3n) is 3.32. The molecule has 1 rings (SSSR count). The highest BCUT2D eigenvalue weighted by molar-refractivity contribution is 9.10. The van der Waals surface area contributed by atoms with Gasteiger partial charge in [0.2, 0.25) is 0 Å². The Labute approximate surface area is 128 Å². The van der Waals surface area contributed by atoms with Gasteiger partial charge in [-0.3, -0.25) is 0 Å². The van der Waals surface area contributed by atoms with Gasteiger partial charge < -0.3 is 10.1 Å². The van der Waals surface area contributed by atoms with E-state index < -0.39 is 11.6 Å². The van der Waals surface area contributed by atoms with Gasteiger partial charge in [0, 0.05) is 29.8 Å². The third kappa shape index (κ3) is 4.79. The second-order valence-corrected chi connectivity index (χ2v) is 5.89. The summed E-state index contributed by atoms with van der Waals surface area (Å²) in [4.78, 5) is 0. The summed E-state index contributed by atoms with van der Waals surface area (Å²) < 4.78 is 33.7. The number of benzene rings is 1. The molecule has 0 aliphatic heterocycles. The van der Waals surface area contributed by atoms with Crippen molar-refractivity contribution in [2.24, 2.45) is 5.92 Å². The van der Waals surface area contributed by atoms with E-state index in [0.717, 1.165) is 19.4 Å². The van der Waals surface area contributed by atoms with Gasteiger partial charge in [0.1, 0.15) is 11.6 Å². The fraction of sp³-hybridized carbons (Fsp3) is 0.600. The van der Waals surface area contributed by atoms with Crippen molar-refractivity contribution in [2.75, 3.05) is 20.3 Å². The molecular weight excluding hydrogens is 328 g/mol. The lowest BCUT2D eigenvalue weighted by Crippen LogP contribution is -2.30. The summed E-state index contributed by atoms with van der Waals surface area (Å²) in [6.07, 6.45) is 1.65. The van der Waals surface area contributed by atoms with Crippen molar-refractivity contribution < 1.29 is 13.5 Å². The van der Waals surface area contributed by atoms with Crippen LogP contribution in [0.1, 0.15) is 38.3 Å². The Morgan fingerprint density at radius 3 is 2.40 bits per heavy atom. The number of hydrogen-bond donors (Lipinski definition) is 1. The largest absolute Gasteiger partial charge is 0.385 e. The Morgan fingerprint density at radius 1 is 1.30 bits per heavy atom. The first-order valence-electron chi connectivity index (χ1n) is 6.88. The molecule has 1 aromatic carbocycles. The lowest BCUT2D eigenvalue weighted by Gasteiger charge is -2.26. The van der Waals surface area contributed by atoms with Gasteiger partial charge in [-0.05, 0) is 37.4 Å². The highest BCUT2D eigenvalue weighted by atomic mass is 79.9. The summed E-state index contributed by atoms with van der Waals surface area (Å²) in [5, 5.41) is 3.24. The minimum atomic E-state index is -0.519. The summed E-state index contributed by atoms with van der Waals surface area (Å²) in [7, 11) is 1.63. The Bertz CT molecular complexity index is 405. The minimum absolute atomic E-state index is 0.0756. The number of methoxy groups -OCH3 is 1. The minimum Gasteiger partial charge on any atom is -0.385 e. The van der Waals surface area contributed by atoms with E-state index in [-0.39, 0.29) is 17.5 Å². The van der Waals surface area contributed by atoms with Gasteiger partial charge in [-0.1, -0.05) is 29.8 Å². The quantitative estimate of drug-likeness (QED) is 0.748. The SMILES string of the molecule is CCCNC(c1c(F)cc(Br)cc1F)C(C)CCOC. The van der Waals surface area contributed by atoms with Gasteiger partial charge >= 0.3 is 0 Å². The first-order valence-corrected chi connectivity index (χ1v) is 7.67. The van der Waals surface area contributed by atoms with Crippen molar-refractivity contribution in [1.29, 1.82) is 0 Å². The van der Waals surface area contributed by atoms with Crippen molar-refractivity contribution in [3.05, 3.63) is 33.8 Å². The van der Waals surface area contributed by atoms with Gasteiger partial charge in [-0.15, -0.1) is 0 Å². The topological polar surface area (TPSA) is 21.3 Å². The lowest BCUT2D eigenvalue weighted by molar-refractivity contribution is 0.169. The van der Waals surface area contributed by atoms with Crippen LogP contribution >= 0.6 is 15.9 Å². The van der Waals surface area contributed by atoms with Gasteiger partial charge in [0.25, 0.3) is 0 Å². The van der Waals surface area contributed by atoms with Crippen LogP contribution in [0.25, 0.3) is 0 Å². The molecule has 0 radical (unpaired) electrons. The maximum Gasteiger partial charge on any atom is 0.132 e. The van der Waals surface area contributed by atoms with Crippen molar-refractivity contribution in [1.82, 2.24) is 5.32 Å². The molecular formula is C15H22BrF2NO. The summed E-state index contributed by atoms with van der Waals surface area (Å²) >= 11 is 3.11. The molecule has 0 aliphatic rings. The zero-order chi connectivity index (χ0) is 15.1. The normalized spacial score (nSPS) is 14.3. The molecule has 1 N–H and O–H groups in total. The molecule has 0 heterocycles. The molecule has 2 nitrogen and oxygen atoms in total. The van der Waals surface area contributed by atoms with Gasteiger partial charge in [-0.25, -0.2) is 8.78 Å². The van der Waals surface area contributed by atoms with E-state index in [9.17, 15) is 8.78 Å². The van der Waals surface area contributed by atoms with Crippen molar-refractivity contribution >= 4 is 15.9 Å². The van der Waals surface area contributed by atoms with Crippen LogP contribution in [0.4, 0.5) is 8.78 Å². The molecule has 0 amide bonds. The zero-order valence-electron chi connectivity index (χ0n) is 12.2. The van der Waals surface area contributed by atoms with Gasteiger partial charge in [0.05, 0.1) is 0 Å². The lowest BCUT2D eigenvalue weighted by atomic mass is 9.91. The Kier molecular flexibility index (Phi) is 7.62. The van der Waals surface area contributed by atoms with E-state index in [1.54, 1.807) is 7.11 Å². The van der Waals surface area contributed by atoms with Crippen LogP contribution < -0.4 is 5.32 Å². The number of hydrogen-bond acceptors (Lipinski definition) is 2. The van der Waals surface area contributed by atoms with E-state index in [1.165, 1.54) is 12.1 Å². The van der Waals surface area contributed by atoms with Crippen LogP contribution in [-0.4, -0.2) is 20.3 Å². The second-order valence-electron chi connectivity index (χ2n) is 4.97. The molecule has 2 unspecified atom stereocenters. The zero-order valence-corrected chi connectivity index (χ0v) is 13.8. The molecule has 0 spiro atoms. The fourth-order valence-electron chi connectivity index (χ4n) is 2.21. The van der Waals surface area contributed by atoms with Crippen LogP contribution in [0, 0.1) is 17.6 Å². The first-order chi connectivity index (χ1) is 9.51. The first kappa shape index (κ1) is 17.5. The van der Waals surface area contributed by atoms with E-state index in [2.05, 4.69) is 21.2 Å². The molecule has 20 heavy (non-hydrogen) atoms. The highest BCUT2D eigenvalue weighted by Crippen LogP contribution is 2.31. The van der Waals surface area contributed by atoms with E-state index in [1.807, 2.05) is 13.8 Å². The maximum absolute atomic E-state index is 14.1. The average molecular weight is 350 g/mol. The van der Waals surface area contributed by atoms with Crippen LogP contribution in [0.2, 0.25) is 0 Å². The van der Waals surface area contributed by atoms with Gasteiger partial charge in [-0.2, -0.15) is 0 Å². The second kappa shape index (κ2) is 8.70. The van der Waals surface area contributed by atoms with E-state index in [4.69, 9.17) is 4.74 Å². The molecule has 0 saturated carbocycles. The van der Waals surface area contributed by atoms with Crippen molar-refractivity contribution in [2.45, 2.75) is 32.7 Å². The van der Waals surface area contributed by atoms with Crippen molar-refractivity contribution in [3.63, 3.8) is 0 Å². The molecule has 2 atom stereocenters. The van der Waals surface area contributed by atoms with Crippen LogP contribution in [0.3, 0.4) is 0 Å². The summed E-state index contributed by atoms with van der Waals surface area (Å²) in [5.41, 5.74) is 0.116. The van der Waals surface area contributed by atoms with Crippen LogP contribution in [0.15, 0.2) is 16.6 Å². The predicted molar refractivity (Wildman–Crippen MR) is 80.7 cm³/mol. The van der Waals surface area contributed by atoms with Crippen LogP contribution in [-0.2, 0) is 4.74 Å². The van der Waals surface area contributed by atoms with E-state index in [0.29, 0.717) is 11.1 Å². The molecule has 114 valence electrons. The number of rotatable bonds is 8. The smallest absolute Gasteiger partial charge is 0.132 e. The Morgan fingerprint density at radius 2 is 1.90 bits per heavy atom. The molecule has 1 aromatic rings. The molecule has 0 aromatic heterocycles. The molecule has 0 bridgehead atoms. The standard InChI is InChI=1S/C15H22BrF2NO/c1-4-6-19-15(10(2)5-7-20-3)14-12(17)8-11(16)9-13(14)18/h8-10,15,19H,4-7H2,1-3H3. The summed E-state index contributed by atoms with van der Waals surface area (Å²) in [6.45, 7) is 5.30. The predicted octanol–water partition coefficient (Wildman–Crippen LogP) is 4.44. The molecule has 5 heteroatoms. The Hall–Kier alpha value is -0.520.